The quantitative estimate of drug-likeness (QED) is 0.610. The topological polar surface area (TPSA) is 86.2 Å². The summed E-state index contributed by atoms with van der Waals surface area (Å²) in [6.45, 7) is 0. The van der Waals surface area contributed by atoms with E-state index in [2.05, 4.69) is 9.93 Å². The molecule has 1 N–H and O–H groups in total. The first-order chi connectivity index (χ1) is 11.5. The van der Waals surface area contributed by atoms with Gasteiger partial charge in [-0.3, -0.25) is 0 Å². The monoisotopic (exact) mass is 350 g/mol. The Morgan fingerprint density at radius 2 is 1.58 bits per heavy atom. The maximum atomic E-state index is 12.2. The van der Waals surface area contributed by atoms with Gasteiger partial charge in [-0.05, 0) is 42.0 Å². The zero-order valence-corrected chi connectivity index (χ0v) is 14.3. The molecule has 0 spiro atoms. The molecule has 0 amide bonds. The second kappa shape index (κ2) is 7.69. The second-order valence-electron chi connectivity index (χ2n) is 4.64. The maximum Gasteiger partial charge on any atom is 0.276 e. The van der Waals surface area contributed by atoms with Gasteiger partial charge in [0.2, 0.25) is 0 Å². The Kier molecular flexibility index (Phi) is 5.64. The summed E-state index contributed by atoms with van der Waals surface area (Å²) in [6, 6.07) is 11.3. The molecule has 2 rings (SSSR count). The van der Waals surface area contributed by atoms with Gasteiger partial charge in [0, 0.05) is 6.07 Å². The predicted molar refractivity (Wildman–Crippen MR) is 90.5 cm³/mol. The molecule has 0 aromatic heterocycles. The van der Waals surface area contributed by atoms with Crippen LogP contribution in [0.4, 0.5) is 0 Å². The van der Waals surface area contributed by atoms with Crippen molar-refractivity contribution in [3.63, 3.8) is 0 Å². The molecule has 0 aliphatic carbocycles. The third-order valence-electron chi connectivity index (χ3n) is 3.17. The van der Waals surface area contributed by atoms with Gasteiger partial charge in [0.15, 0.2) is 11.5 Å². The maximum absolute atomic E-state index is 12.2. The van der Waals surface area contributed by atoms with Gasteiger partial charge < -0.3 is 14.2 Å². The fourth-order valence-corrected chi connectivity index (χ4v) is 2.70. The summed E-state index contributed by atoms with van der Waals surface area (Å²) < 4.78 is 39.7. The van der Waals surface area contributed by atoms with Crippen molar-refractivity contribution in [1.82, 2.24) is 4.83 Å². The number of rotatable bonds is 7. The largest absolute Gasteiger partial charge is 0.497 e. The molecule has 24 heavy (non-hydrogen) atoms. The summed E-state index contributed by atoms with van der Waals surface area (Å²) in [6.07, 6.45) is 1.40. The predicted octanol–water partition coefficient (Wildman–Crippen LogP) is 2.02. The van der Waals surface area contributed by atoms with Crippen molar-refractivity contribution in [2.75, 3.05) is 21.3 Å². The highest BCUT2D eigenvalue weighted by molar-refractivity contribution is 7.89. The van der Waals surface area contributed by atoms with Gasteiger partial charge in [-0.1, -0.05) is 0 Å². The van der Waals surface area contributed by atoms with Crippen molar-refractivity contribution in [3.8, 4) is 17.2 Å². The first-order valence-electron chi connectivity index (χ1n) is 6.91. The molecule has 0 saturated carbocycles. The first kappa shape index (κ1) is 17.6. The number of methoxy groups -OCH3 is 3. The van der Waals surface area contributed by atoms with Gasteiger partial charge in [-0.25, -0.2) is 4.83 Å². The third-order valence-corrected chi connectivity index (χ3v) is 4.39. The molecule has 2 aromatic carbocycles. The van der Waals surface area contributed by atoms with E-state index in [9.17, 15) is 8.42 Å². The van der Waals surface area contributed by atoms with E-state index in [1.807, 2.05) is 0 Å². The zero-order chi connectivity index (χ0) is 17.6. The molecule has 0 unspecified atom stereocenters. The fraction of sp³-hybridized carbons (Fsp3) is 0.188. The molecule has 0 bridgehead atoms. The SMILES string of the molecule is COc1ccc(/C=N/NS(=O)(=O)c2ccc(OC)c(OC)c2)cc1. The van der Waals surface area contributed by atoms with Gasteiger partial charge in [-0.2, -0.15) is 13.5 Å². The Morgan fingerprint density at radius 1 is 0.917 bits per heavy atom. The Labute approximate surface area is 140 Å². The fourth-order valence-electron chi connectivity index (χ4n) is 1.90. The Bertz CT molecular complexity index is 817. The minimum atomic E-state index is -3.81. The van der Waals surface area contributed by atoms with Crippen LogP contribution in [-0.2, 0) is 10.0 Å². The van der Waals surface area contributed by atoms with Gasteiger partial charge in [0.1, 0.15) is 5.75 Å². The highest BCUT2D eigenvalue weighted by atomic mass is 32.2. The van der Waals surface area contributed by atoms with Crippen molar-refractivity contribution in [1.29, 1.82) is 0 Å². The molecule has 0 atom stereocenters. The van der Waals surface area contributed by atoms with E-state index in [4.69, 9.17) is 14.2 Å². The van der Waals surface area contributed by atoms with Crippen LogP contribution in [0.15, 0.2) is 52.5 Å². The first-order valence-corrected chi connectivity index (χ1v) is 8.39. The van der Waals surface area contributed by atoms with E-state index < -0.39 is 10.0 Å². The van der Waals surface area contributed by atoms with Crippen LogP contribution in [-0.4, -0.2) is 36.0 Å². The second-order valence-corrected chi connectivity index (χ2v) is 6.30. The Balaban J connectivity index is 2.14. The summed E-state index contributed by atoms with van der Waals surface area (Å²) >= 11 is 0. The van der Waals surface area contributed by atoms with Crippen molar-refractivity contribution >= 4 is 16.2 Å². The lowest BCUT2D eigenvalue weighted by atomic mass is 10.2. The molecule has 128 valence electrons. The van der Waals surface area contributed by atoms with E-state index in [1.165, 1.54) is 38.6 Å². The number of hydrazone groups is 1. The van der Waals surface area contributed by atoms with E-state index >= 15 is 0 Å². The number of ether oxygens (including phenoxy) is 3. The number of hydrogen-bond donors (Lipinski definition) is 1. The summed E-state index contributed by atoms with van der Waals surface area (Å²) in [5, 5.41) is 3.77. The van der Waals surface area contributed by atoms with Crippen LogP contribution < -0.4 is 19.0 Å². The molecule has 0 heterocycles. The minimum absolute atomic E-state index is 0.0204. The average molecular weight is 350 g/mol. The van der Waals surface area contributed by atoms with Gasteiger partial charge in [0.05, 0.1) is 32.4 Å². The molecular weight excluding hydrogens is 332 g/mol. The smallest absolute Gasteiger partial charge is 0.276 e. The molecule has 8 heteroatoms. The summed E-state index contributed by atoms with van der Waals surface area (Å²) in [5.74, 6) is 1.47. The molecule has 0 aliphatic heterocycles. The lowest BCUT2D eigenvalue weighted by molar-refractivity contribution is 0.354. The molecule has 0 radical (unpaired) electrons. The van der Waals surface area contributed by atoms with Crippen LogP contribution in [0, 0.1) is 0 Å². The molecule has 0 aliphatic rings. The van der Waals surface area contributed by atoms with Crippen molar-refractivity contribution in [2.24, 2.45) is 5.10 Å². The van der Waals surface area contributed by atoms with Crippen LogP contribution in [0.5, 0.6) is 17.2 Å². The number of benzene rings is 2. The summed E-state index contributed by atoms with van der Waals surface area (Å²) in [7, 11) is 0.670. The Hall–Kier alpha value is -2.74. The number of sulfonamides is 1. The highest BCUT2D eigenvalue weighted by Gasteiger charge is 2.16. The van der Waals surface area contributed by atoms with Crippen LogP contribution >= 0.6 is 0 Å². The van der Waals surface area contributed by atoms with E-state index in [1.54, 1.807) is 31.4 Å². The van der Waals surface area contributed by atoms with Crippen LogP contribution in [0.2, 0.25) is 0 Å². The number of hydrogen-bond acceptors (Lipinski definition) is 6. The van der Waals surface area contributed by atoms with Crippen molar-refractivity contribution in [2.45, 2.75) is 4.90 Å². The standard InChI is InChI=1S/C16H18N2O5S/c1-21-13-6-4-12(5-7-13)11-17-18-24(19,20)14-8-9-15(22-2)16(10-14)23-3/h4-11,18H,1-3H3/b17-11+. The highest BCUT2D eigenvalue weighted by Crippen LogP contribution is 2.29. The number of nitrogens with zero attached hydrogens (tertiary/aromatic N) is 1. The van der Waals surface area contributed by atoms with Crippen LogP contribution in [0.25, 0.3) is 0 Å². The normalized spacial score (nSPS) is 11.3. The third kappa shape index (κ3) is 4.17. The zero-order valence-electron chi connectivity index (χ0n) is 13.5. The lowest BCUT2D eigenvalue weighted by Crippen LogP contribution is -2.18. The van der Waals surface area contributed by atoms with Gasteiger partial charge >= 0.3 is 0 Å². The van der Waals surface area contributed by atoms with Crippen molar-refractivity contribution < 1.29 is 22.6 Å². The molecule has 0 saturated heterocycles. The summed E-state index contributed by atoms with van der Waals surface area (Å²) in [5.41, 5.74) is 0.728. The van der Waals surface area contributed by atoms with Gasteiger partial charge in [-0.15, -0.1) is 0 Å². The molecule has 7 nitrogen and oxygen atoms in total. The van der Waals surface area contributed by atoms with Crippen LogP contribution in [0.1, 0.15) is 5.56 Å². The molecular formula is C16H18N2O5S. The molecule has 0 fully saturated rings. The average Bonchev–Trinajstić information content (AvgIpc) is 2.61. The minimum Gasteiger partial charge on any atom is -0.497 e. The van der Waals surface area contributed by atoms with Crippen molar-refractivity contribution in [3.05, 3.63) is 48.0 Å². The number of nitrogens with one attached hydrogen (secondary N) is 1. The van der Waals surface area contributed by atoms with Crippen LogP contribution in [0.3, 0.4) is 0 Å². The summed E-state index contributed by atoms with van der Waals surface area (Å²) in [4.78, 5) is 2.18. The van der Waals surface area contributed by atoms with E-state index in [0.717, 1.165) is 5.56 Å². The lowest BCUT2D eigenvalue weighted by Gasteiger charge is -2.09. The molecule has 2 aromatic rings. The Morgan fingerprint density at radius 3 is 2.17 bits per heavy atom. The van der Waals surface area contributed by atoms with E-state index in [-0.39, 0.29) is 4.90 Å². The van der Waals surface area contributed by atoms with E-state index in [0.29, 0.717) is 17.2 Å². The van der Waals surface area contributed by atoms with Gasteiger partial charge in [0.25, 0.3) is 10.0 Å².